The number of carbonyl (C=O) groups excluding carboxylic acids is 1. The van der Waals surface area contributed by atoms with E-state index < -0.39 is 10.0 Å². The van der Waals surface area contributed by atoms with Gasteiger partial charge >= 0.3 is 0 Å². The van der Waals surface area contributed by atoms with Gasteiger partial charge in [0.1, 0.15) is 0 Å². The van der Waals surface area contributed by atoms with E-state index in [4.69, 9.17) is 11.6 Å². The molecule has 0 aromatic heterocycles. The molecule has 1 N–H and O–H groups in total. The van der Waals surface area contributed by atoms with E-state index in [9.17, 15) is 13.2 Å². The van der Waals surface area contributed by atoms with E-state index in [1.807, 2.05) is 38.1 Å². The van der Waals surface area contributed by atoms with Gasteiger partial charge in [-0.25, -0.2) is 8.42 Å². The van der Waals surface area contributed by atoms with Crippen LogP contribution in [0.25, 0.3) is 0 Å². The standard InChI is InChI=1S/C23H23ClN2O3S/c1-16-8-11-20(12-9-16)30(28,29)26(3)19-10-13-22(24)21(14-19)23(27)25-15-18-7-5-4-6-17(18)2/h4-14H,15H2,1-3H3,(H,25,27). The van der Waals surface area contributed by atoms with Gasteiger partial charge in [-0.05, 0) is 55.3 Å². The molecule has 0 heterocycles. The molecule has 3 rings (SSSR count). The number of benzene rings is 3. The number of aryl methyl sites for hydroxylation is 2. The molecule has 0 aliphatic rings. The van der Waals surface area contributed by atoms with Gasteiger partial charge in [-0.2, -0.15) is 0 Å². The normalized spacial score (nSPS) is 11.2. The van der Waals surface area contributed by atoms with Gasteiger partial charge in [-0.1, -0.05) is 53.6 Å². The second kappa shape index (κ2) is 8.90. The van der Waals surface area contributed by atoms with Crippen LogP contribution in [0, 0.1) is 13.8 Å². The molecule has 0 aliphatic carbocycles. The van der Waals surface area contributed by atoms with Crippen LogP contribution in [0.15, 0.2) is 71.6 Å². The molecule has 3 aromatic carbocycles. The highest BCUT2D eigenvalue weighted by molar-refractivity contribution is 7.92. The number of rotatable bonds is 6. The maximum absolute atomic E-state index is 13.0. The van der Waals surface area contributed by atoms with Crippen LogP contribution in [-0.2, 0) is 16.6 Å². The number of amides is 1. The third-order valence-corrected chi connectivity index (χ3v) is 7.07. The fourth-order valence-electron chi connectivity index (χ4n) is 2.97. The summed E-state index contributed by atoms with van der Waals surface area (Å²) < 4.78 is 27.0. The maximum atomic E-state index is 13.0. The fourth-order valence-corrected chi connectivity index (χ4v) is 4.36. The lowest BCUT2D eigenvalue weighted by Crippen LogP contribution is -2.28. The first-order valence-electron chi connectivity index (χ1n) is 9.38. The molecule has 0 atom stereocenters. The molecule has 156 valence electrons. The van der Waals surface area contributed by atoms with Crippen LogP contribution < -0.4 is 9.62 Å². The van der Waals surface area contributed by atoms with Crippen LogP contribution >= 0.6 is 11.6 Å². The van der Waals surface area contributed by atoms with Gasteiger partial charge in [0.2, 0.25) is 0 Å². The first-order valence-corrected chi connectivity index (χ1v) is 11.2. The van der Waals surface area contributed by atoms with E-state index in [0.717, 1.165) is 21.0 Å². The highest BCUT2D eigenvalue weighted by Gasteiger charge is 2.23. The fraction of sp³-hybridized carbons (Fsp3) is 0.174. The summed E-state index contributed by atoms with van der Waals surface area (Å²) in [6.07, 6.45) is 0. The minimum atomic E-state index is -3.77. The Morgan fingerprint density at radius 1 is 1.00 bits per heavy atom. The average Bonchev–Trinajstić information content (AvgIpc) is 2.73. The molecule has 0 bridgehead atoms. The summed E-state index contributed by atoms with van der Waals surface area (Å²) in [6.45, 7) is 4.21. The number of carbonyl (C=O) groups is 1. The first kappa shape index (κ1) is 21.9. The average molecular weight is 443 g/mol. The largest absolute Gasteiger partial charge is 0.348 e. The van der Waals surface area contributed by atoms with Gasteiger partial charge in [-0.15, -0.1) is 0 Å². The molecule has 0 fully saturated rings. The van der Waals surface area contributed by atoms with E-state index in [1.165, 1.54) is 19.2 Å². The highest BCUT2D eigenvalue weighted by Crippen LogP contribution is 2.27. The number of hydrogen-bond acceptors (Lipinski definition) is 3. The van der Waals surface area contributed by atoms with E-state index in [0.29, 0.717) is 12.2 Å². The van der Waals surface area contributed by atoms with E-state index in [-0.39, 0.29) is 21.4 Å². The Morgan fingerprint density at radius 3 is 2.33 bits per heavy atom. The molecule has 0 unspecified atom stereocenters. The third kappa shape index (κ3) is 4.66. The summed E-state index contributed by atoms with van der Waals surface area (Å²) in [4.78, 5) is 12.9. The number of hydrogen-bond donors (Lipinski definition) is 1. The quantitative estimate of drug-likeness (QED) is 0.601. The Kier molecular flexibility index (Phi) is 6.48. The van der Waals surface area contributed by atoms with Crippen molar-refractivity contribution < 1.29 is 13.2 Å². The van der Waals surface area contributed by atoms with Crippen LogP contribution in [0.2, 0.25) is 5.02 Å². The second-order valence-corrected chi connectivity index (χ2v) is 9.44. The molecule has 0 spiro atoms. The van der Waals surface area contributed by atoms with Crippen LogP contribution in [-0.4, -0.2) is 21.4 Å². The SMILES string of the molecule is Cc1ccc(S(=O)(=O)N(C)c2ccc(Cl)c(C(=O)NCc3ccccc3C)c2)cc1. The maximum Gasteiger partial charge on any atom is 0.264 e. The predicted octanol–water partition coefficient (Wildman–Crippen LogP) is 4.71. The molecular weight excluding hydrogens is 420 g/mol. The number of sulfonamides is 1. The van der Waals surface area contributed by atoms with Gasteiger partial charge < -0.3 is 5.32 Å². The van der Waals surface area contributed by atoms with Crippen molar-refractivity contribution in [2.75, 3.05) is 11.4 Å². The third-order valence-electron chi connectivity index (χ3n) is 4.94. The van der Waals surface area contributed by atoms with Crippen molar-refractivity contribution in [1.82, 2.24) is 5.32 Å². The van der Waals surface area contributed by atoms with Gasteiger partial charge in [0.05, 0.1) is 21.2 Å². The zero-order chi connectivity index (χ0) is 21.9. The van der Waals surface area contributed by atoms with Crippen molar-refractivity contribution in [3.8, 4) is 0 Å². The zero-order valence-corrected chi connectivity index (χ0v) is 18.6. The van der Waals surface area contributed by atoms with Crippen molar-refractivity contribution in [2.24, 2.45) is 0 Å². The summed E-state index contributed by atoms with van der Waals surface area (Å²) in [5, 5.41) is 3.10. The highest BCUT2D eigenvalue weighted by atomic mass is 35.5. The summed E-state index contributed by atoms with van der Waals surface area (Å²) in [5.74, 6) is -0.369. The number of nitrogens with one attached hydrogen (secondary N) is 1. The van der Waals surface area contributed by atoms with Crippen molar-refractivity contribution in [3.05, 3.63) is 94.0 Å². The summed E-state index contributed by atoms with van der Waals surface area (Å²) in [5.41, 5.74) is 3.60. The van der Waals surface area contributed by atoms with Gasteiger partial charge in [-0.3, -0.25) is 9.10 Å². The van der Waals surface area contributed by atoms with Crippen LogP contribution in [0.3, 0.4) is 0 Å². The van der Waals surface area contributed by atoms with E-state index in [2.05, 4.69) is 5.32 Å². The molecular formula is C23H23ClN2O3S. The molecule has 7 heteroatoms. The molecule has 0 saturated carbocycles. The lowest BCUT2D eigenvalue weighted by Gasteiger charge is -2.20. The Bertz CT molecular complexity index is 1180. The van der Waals surface area contributed by atoms with Gasteiger partial charge in [0.25, 0.3) is 15.9 Å². The lowest BCUT2D eigenvalue weighted by atomic mass is 10.1. The lowest BCUT2D eigenvalue weighted by molar-refractivity contribution is 0.0951. The van der Waals surface area contributed by atoms with Crippen LogP contribution in [0.5, 0.6) is 0 Å². The van der Waals surface area contributed by atoms with Gasteiger partial charge in [0, 0.05) is 13.6 Å². The molecule has 3 aromatic rings. The van der Waals surface area contributed by atoms with Crippen molar-refractivity contribution in [3.63, 3.8) is 0 Å². The van der Waals surface area contributed by atoms with E-state index >= 15 is 0 Å². The molecule has 0 aliphatic heterocycles. The smallest absolute Gasteiger partial charge is 0.264 e. The Hall–Kier alpha value is -2.83. The molecule has 30 heavy (non-hydrogen) atoms. The van der Waals surface area contributed by atoms with Gasteiger partial charge in [0.15, 0.2) is 0 Å². The summed E-state index contributed by atoms with van der Waals surface area (Å²) in [6, 6.07) is 19.0. The number of halogens is 1. The van der Waals surface area contributed by atoms with Crippen molar-refractivity contribution in [2.45, 2.75) is 25.3 Å². The van der Waals surface area contributed by atoms with Crippen molar-refractivity contribution >= 4 is 33.2 Å². The Balaban J connectivity index is 1.84. The summed E-state index contributed by atoms with van der Waals surface area (Å²) >= 11 is 6.23. The summed E-state index contributed by atoms with van der Waals surface area (Å²) in [7, 11) is -2.31. The predicted molar refractivity (Wildman–Crippen MR) is 121 cm³/mol. The van der Waals surface area contributed by atoms with Crippen LogP contribution in [0.1, 0.15) is 27.0 Å². The molecule has 0 radical (unpaired) electrons. The molecule has 0 saturated heterocycles. The Morgan fingerprint density at radius 2 is 1.67 bits per heavy atom. The van der Waals surface area contributed by atoms with Crippen LogP contribution in [0.4, 0.5) is 5.69 Å². The second-order valence-electron chi connectivity index (χ2n) is 7.06. The first-order chi connectivity index (χ1) is 14.2. The topological polar surface area (TPSA) is 66.5 Å². The monoisotopic (exact) mass is 442 g/mol. The minimum Gasteiger partial charge on any atom is -0.348 e. The van der Waals surface area contributed by atoms with Crippen molar-refractivity contribution in [1.29, 1.82) is 0 Å². The zero-order valence-electron chi connectivity index (χ0n) is 17.0. The molecule has 5 nitrogen and oxygen atoms in total. The minimum absolute atomic E-state index is 0.177. The number of nitrogens with zero attached hydrogens (tertiary/aromatic N) is 1. The number of anilines is 1. The molecule has 1 amide bonds. The Labute approximate surface area is 182 Å². The van der Waals surface area contributed by atoms with E-state index in [1.54, 1.807) is 30.3 Å².